The van der Waals surface area contributed by atoms with E-state index < -0.39 is 0 Å². The highest BCUT2D eigenvalue weighted by atomic mass is 16.6. The van der Waals surface area contributed by atoms with Crippen LogP contribution in [0.15, 0.2) is 17.8 Å². The Morgan fingerprint density at radius 1 is 1.00 bits per heavy atom. The Morgan fingerprint density at radius 3 is 2.14 bits per heavy atom. The molecular weight excluding hydrogens is 174 g/mol. The van der Waals surface area contributed by atoms with Crippen LogP contribution in [-0.2, 0) is 4.84 Å². The molecule has 0 amide bonds. The van der Waals surface area contributed by atoms with Crippen LogP contribution >= 0.6 is 0 Å². The van der Waals surface area contributed by atoms with Gasteiger partial charge in [0.25, 0.3) is 0 Å². The van der Waals surface area contributed by atoms with Gasteiger partial charge in [-0.25, -0.2) is 0 Å². The van der Waals surface area contributed by atoms with Gasteiger partial charge in [0, 0.05) is 6.21 Å². The fraction of sp³-hybridized carbons (Fsp3) is 0.750. The predicted octanol–water partition coefficient (Wildman–Crippen LogP) is 3.93. The van der Waals surface area contributed by atoms with Crippen molar-refractivity contribution >= 4 is 6.21 Å². The second-order valence-corrected chi connectivity index (χ2v) is 3.46. The van der Waals surface area contributed by atoms with Crippen LogP contribution in [0, 0.1) is 0 Å². The average molecular weight is 197 g/mol. The molecule has 0 atom stereocenters. The number of hydrogen-bond acceptors (Lipinski definition) is 2. The summed E-state index contributed by atoms with van der Waals surface area (Å²) in [7, 11) is 1.58. The molecule has 0 N–H and O–H groups in total. The van der Waals surface area contributed by atoms with Crippen molar-refractivity contribution in [3.8, 4) is 0 Å². The van der Waals surface area contributed by atoms with Crippen LogP contribution < -0.4 is 0 Å². The summed E-state index contributed by atoms with van der Waals surface area (Å²) in [5, 5.41) is 3.69. The van der Waals surface area contributed by atoms with Gasteiger partial charge in [-0.3, -0.25) is 0 Å². The highest BCUT2D eigenvalue weighted by molar-refractivity contribution is 5.55. The summed E-state index contributed by atoms with van der Waals surface area (Å²) < 4.78 is 0. The van der Waals surface area contributed by atoms with Crippen LogP contribution in [0.2, 0.25) is 0 Å². The van der Waals surface area contributed by atoms with E-state index in [-0.39, 0.29) is 0 Å². The van der Waals surface area contributed by atoms with Crippen LogP contribution in [0.5, 0.6) is 0 Å². The Labute approximate surface area is 88.0 Å². The molecule has 2 heteroatoms. The lowest BCUT2D eigenvalue weighted by Crippen LogP contribution is -1.81. The van der Waals surface area contributed by atoms with Gasteiger partial charge in [-0.1, -0.05) is 36.9 Å². The highest BCUT2D eigenvalue weighted by Crippen LogP contribution is 2.07. The smallest absolute Gasteiger partial charge is 0.106 e. The third-order valence-corrected chi connectivity index (χ3v) is 2.17. The lowest BCUT2D eigenvalue weighted by atomic mass is 10.1. The minimum Gasteiger partial charge on any atom is -0.399 e. The van der Waals surface area contributed by atoms with E-state index in [0.717, 1.165) is 6.42 Å². The summed E-state index contributed by atoms with van der Waals surface area (Å²) in [5.74, 6) is 0. The van der Waals surface area contributed by atoms with Crippen molar-refractivity contribution in [2.24, 2.45) is 5.16 Å². The SMILES string of the molecule is C=CCCCCCCCC/C=N/OC. The van der Waals surface area contributed by atoms with Crippen molar-refractivity contribution < 1.29 is 4.84 Å². The van der Waals surface area contributed by atoms with E-state index in [1.54, 1.807) is 7.11 Å². The molecule has 0 saturated carbocycles. The van der Waals surface area contributed by atoms with Gasteiger partial charge in [-0.05, 0) is 25.7 Å². The molecule has 0 bridgehead atoms. The summed E-state index contributed by atoms with van der Waals surface area (Å²) in [4.78, 5) is 4.57. The summed E-state index contributed by atoms with van der Waals surface area (Å²) in [6, 6.07) is 0. The van der Waals surface area contributed by atoms with Crippen molar-refractivity contribution in [2.75, 3.05) is 7.11 Å². The Hall–Kier alpha value is -0.790. The largest absolute Gasteiger partial charge is 0.399 e. The Morgan fingerprint density at radius 2 is 1.57 bits per heavy atom. The van der Waals surface area contributed by atoms with E-state index in [4.69, 9.17) is 0 Å². The molecule has 0 fully saturated rings. The van der Waals surface area contributed by atoms with E-state index in [2.05, 4.69) is 16.6 Å². The minimum atomic E-state index is 1.04. The molecule has 0 aliphatic heterocycles. The maximum atomic E-state index is 4.57. The van der Waals surface area contributed by atoms with Gasteiger partial charge in [-0.2, -0.15) is 0 Å². The van der Waals surface area contributed by atoms with Gasteiger partial charge in [0.2, 0.25) is 0 Å². The van der Waals surface area contributed by atoms with Crippen LogP contribution in [0.4, 0.5) is 0 Å². The monoisotopic (exact) mass is 197 g/mol. The Balaban J connectivity index is 2.91. The van der Waals surface area contributed by atoms with Gasteiger partial charge in [0.15, 0.2) is 0 Å². The molecule has 0 radical (unpaired) electrons. The van der Waals surface area contributed by atoms with Crippen molar-refractivity contribution in [3.05, 3.63) is 12.7 Å². The van der Waals surface area contributed by atoms with Crippen LogP contribution in [0.1, 0.15) is 51.4 Å². The van der Waals surface area contributed by atoms with Gasteiger partial charge in [0.05, 0.1) is 0 Å². The number of oxime groups is 1. The van der Waals surface area contributed by atoms with Crippen molar-refractivity contribution in [3.63, 3.8) is 0 Å². The summed E-state index contributed by atoms with van der Waals surface area (Å²) in [6.45, 7) is 3.71. The first kappa shape index (κ1) is 13.2. The molecule has 82 valence electrons. The number of rotatable bonds is 10. The number of nitrogens with zero attached hydrogens (tertiary/aromatic N) is 1. The molecule has 0 spiro atoms. The molecule has 0 unspecified atom stereocenters. The molecule has 14 heavy (non-hydrogen) atoms. The topological polar surface area (TPSA) is 21.6 Å². The zero-order chi connectivity index (χ0) is 10.5. The van der Waals surface area contributed by atoms with E-state index >= 15 is 0 Å². The van der Waals surface area contributed by atoms with Gasteiger partial charge >= 0.3 is 0 Å². The number of hydrogen-bond donors (Lipinski definition) is 0. The zero-order valence-electron chi connectivity index (χ0n) is 9.37. The molecule has 0 aromatic carbocycles. The maximum absolute atomic E-state index is 4.57. The lowest BCUT2D eigenvalue weighted by molar-refractivity contribution is 0.214. The van der Waals surface area contributed by atoms with Crippen molar-refractivity contribution in [1.82, 2.24) is 0 Å². The zero-order valence-corrected chi connectivity index (χ0v) is 9.37. The van der Waals surface area contributed by atoms with Gasteiger partial charge < -0.3 is 4.84 Å². The molecule has 0 aromatic rings. The van der Waals surface area contributed by atoms with Gasteiger partial charge in [-0.15, -0.1) is 6.58 Å². The first-order valence-electron chi connectivity index (χ1n) is 5.57. The number of allylic oxidation sites excluding steroid dienone is 1. The van der Waals surface area contributed by atoms with Crippen LogP contribution in [-0.4, -0.2) is 13.3 Å². The second kappa shape index (κ2) is 12.2. The molecule has 0 aliphatic carbocycles. The van der Waals surface area contributed by atoms with E-state index in [1.807, 2.05) is 12.3 Å². The summed E-state index contributed by atoms with van der Waals surface area (Å²) in [6.07, 6.45) is 13.9. The Bertz CT molecular complexity index is 143. The van der Waals surface area contributed by atoms with E-state index in [1.165, 1.54) is 44.9 Å². The van der Waals surface area contributed by atoms with Crippen LogP contribution in [0.3, 0.4) is 0 Å². The summed E-state index contributed by atoms with van der Waals surface area (Å²) >= 11 is 0. The molecule has 2 nitrogen and oxygen atoms in total. The predicted molar refractivity (Wildman–Crippen MR) is 62.6 cm³/mol. The lowest BCUT2D eigenvalue weighted by Gasteiger charge is -1.98. The Kier molecular flexibility index (Phi) is 11.5. The van der Waals surface area contributed by atoms with Crippen LogP contribution in [0.25, 0.3) is 0 Å². The van der Waals surface area contributed by atoms with E-state index in [0.29, 0.717) is 0 Å². The first-order chi connectivity index (χ1) is 6.91. The molecule has 0 rings (SSSR count). The number of unbranched alkanes of at least 4 members (excludes halogenated alkanes) is 7. The third kappa shape index (κ3) is 11.2. The molecular formula is C12H23NO. The standard InChI is InChI=1S/C12H23NO/c1-3-4-5-6-7-8-9-10-11-12-13-14-2/h3,12H,1,4-11H2,2H3/b13-12+. The minimum absolute atomic E-state index is 1.04. The average Bonchev–Trinajstić information content (AvgIpc) is 2.21. The maximum Gasteiger partial charge on any atom is 0.106 e. The van der Waals surface area contributed by atoms with Crippen molar-refractivity contribution in [1.29, 1.82) is 0 Å². The summed E-state index contributed by atoms with van der Waals surface area (Å²) in [5.41, 5.74) is 0. The first-order valence-corrected chi connectivity index (χ1v) is 5.57. The molecule has 0 heterocycles. The van der Waals surface area contributed by atoms with E-state index in [9.17, 15) is 0 Å². The fourth-order valence-corrected chi connectivity index (χ4v) is 1.36. The highest BCUT2D eigenvalue weighted by Gasteiger charge is 1.89. The van der Waals surface area contributed by atoms with Crippen molar-refractivity contribution in [2.45, 2.75) is 51.4 Å². The molecule has 0 aromatic heterocycles. The quantitative estimate of drug-likeness (QED) is 0.225. The normalized spacial score (nSPS) is 10.6. The van der Waals surface area contributed by atoms with Gasteiger partial charge in [0.1, 0.15) is 7.11 Å². The molecule has 0 aliphatic rings. The second-order valence-electron chi connectivity index (χ2n) is 3.46. The fourth-order valence-electron chi connectivity index (χ4n) is 1.36. The molecule has 0 saturated heterocycles. The third-order valence-electron chi connectivity index (χ3n) is 2.17.